The van der Waals surface area contributed by atoms with Gasteiger partial charge in [0, 0.05) is 35.6 Å². The summed E-state index contributed by atoms with van der Waals surface area (Å²) in [6, 6.07) is 18.6. The number of aromatic hydroxyl groups is 1. The zero-order valence-electron chi connectivity index (χ0n) is 19.9. The number of phenols is 1. The maximum absolute atomic E-state index is 10.6. The van der Waals surface area contributed by atoms with Gasteiger partial charge in [-0.25, -0.2) is 0 Å². The Morgan fingerprint density at radius 3 is 2.39 bits per heavy atom. The monoisotopic (exact) mass is 444 g/mol. The zero-order chi connectivity index (χ0) is 23.7. The number of hydrogen-bond acceptors (Lipinski definition) is 4. The van der Waals surface area contributed by atoms with E-state index in [9.17, 15) is 10.2 Å². The average Bonchev–Trinajstić information content (AvgIpc) is 3.05. The molecule has 33 heavy (non-hydrogen) atoms. The van der Waals surface area contributed by atoms with E-state index in [0.29, 0.717) is 12.3 Å². The highest BCUT2D eigenvalue weighted by Gasteiger charge is 2.24. The number of hydrogen-bond donors (Lipinski definition) is 3. The summed E-state index contributed by atoms with van der Waals surface area (Å²) in [6.45, 7) is 8.66. The number of fused-ring (bicyclic) bond motifs is 1. The molecule has 0 spiro atoms. The maximum Gasteiger partial charge on any atom is 0.184 e. The van der Waals surface area contributed by atoms with Crippen molar-refractivity contribution >= 4 is 16.6 Å². The number of aliphatic hydroxyl groups is 1. The van der Waals surface area contributed by atoms with Gasteiger partial charge in [0.05, 0.1) is 17.5 Å². The van der Waals surface area contributed by atoms with Crippen molar-refractivity contribution in [3.05, 3.63) is 65.7 Å². The number of phenolic OH excluding ortho intramolecular Hbond substituents is 1. The van der Waals surface area contributed by atoms with Crippen LogP contribution in [-0.2, 0) is 7.05 Å². The van der Waals surface area contributed by atoms with Crippen LogP contribution in [0.15, 0.2) is 54.6 Å². The van der Waals surface area contributed by atoms with Crippen LogP contribution in [0.5, 0.6) is 11.5 Å². The molecule has 0 fully saturated rings. The van der Waals surface area contributed by atoms with Gasteiger partial charge in [-0.15, -0.1) is 0 Å². The molecule has 4 rings (SSSR count). The third kappa shape index (κ3) is 4.29. The summed E-state index contributed by atoms with van der Waals surface area (Å²) >= 11 is 0. The quantitative estimate of drug-likeness (QED) is 0.326. The molecule has 172 valence electrons. The molecule has 0 aliphatic carbocycles. The second-order valence-electron chi connectivity index (χ2n) is 8.70. The molecule has 1 atom stereocenters. The number of aromatic nitrogens is 1. The largest absolute Gasteiger partial charge is 0.504 e. The molecule has 0 aliphatic rings. The van der Waals surface area contributed by atoms with Crippen molar-refractivity contribution in [2.24, 2.45) is 7.05 Å². The Balaban J connectivity index is 2.07. The molecule has 0 amide bonds. The van der Waals surface area contributed by atoms with Crippen LogP contribution in [0, 0.1) is 13.8 Å². The highest BCUT2D eigenvalue weighted by molar-refractivity contribution is 6.08. The van der Waals surface area contributed by atoms with Gasteiger partial charge in [0.25, 0.3) is 0 Å². The van der Waals surface area contributed by atoms with E-state index in [1.807, 2.05) is 13.0 Å². The van der Waals surface area contributed by atoms with E-state index in [1.165, 1.54) is 11.1 Å². The standard InChI is InChI=1S/C28H32N2O3/c1-6-29-26-22(11-12-24(32)28(26)33-16-19(4)31)25-21-9-7-8-10-23(21)30(5)27(25)20-14-17(2)13-18(3)15-20/h7-15,19,29,31-32H,6,16H2,1-5H3. The predicted octanol–water partition coefficient (Wildman–Crippen LogP) is 6.03. The molecule has 5 nitrogen and oxygen atoms in total. The smallest absolute Gasteiger partial charge is 0.184 e. The van der Waals surface area contributed by atoms with E-state index in [4.69, 9.17) is 4.74 Å². The second kappa shape index (κ2) is 9.20. The van der Waals surface area contributed by atoms with Crippen molar-refractivity contribution in [1.29, 1.82) is 0 Å². The predicted molar refractivity (Wildman–Crippen MR) is 136 cm³/mol. The molecule has 0 saturated carbocycles. The number of nitrogens with one attached hydrogen (secondary N) is 1. The molecular weight excluding hydrogens is 412 g/mol. The second-order valence-corrected chi connectivity index (χ2v) is 8.70. The molecule has 1 aromatic heterocycles. The van der Waals surface area contributed by atoms with Gasteiger partial charge in [-0.05, 0) is 63.6 Å². The first-order valence-corrected chi connectivity index (χ1v) is 11.4. The summed E-state index contributed by atoms with van der Waals surface area (Å²) in [6.07, 6.45) is -0.647. The van der Waals surface area contributed by atoms with Gasteiger partial charge in [-0.3, -0.25) is 0 Å². The number of rotatable bonds is 7. The van der Waals surface area contributed by atoms with Gasteiger partial charge in [0.2, 0.25) is 0 Å². The molecule has 0 bridgehead atoms. The number of anilines is 1. The normalized spacial score (nSPS) is 12.2. The fourth-order valence-corrected chi connectivity index (χ4v) is 4.60. The molecule has 3 aromatic carbocycles. The molecule has 3 N–H and O–H groups in total. The summed E-state index contributed by atoms with van der Waals surface area (Å²) in [4.78, 5) is 0. The number of aryl methyl sites for hydroxylation is 3. The Morgan fingerprint density at radius 1 is 1.03 bits per heavy atom. The van der Waals surface area contributed by atoms with E-state index in [0.717, 1.165) is 39.0 Å². The first-order valence-electron chi connectivity index (χ1n) is 11.4. The van der Waals surface area contributed by atoms with Crippen LogP contribution in [0.3, 0.4) is 0 Å². The fraction of sp³-hybridized carbons (Fsp3) is 0.286. The van der Waals surface area contributed by atoms with Crippen molar-refractivity contribution in [2.45, 2.75) is 33.8 Å². The molecule has 4 aromatic rings. The summed E-state index contributed by atoms with van der Waals surface area (Å²) in [7, 11) is 2.09. The number of ether oxygens (including phenoxy) is 1. The van der Waals surface area contributed by atoms with Gasteiger partial charge in [0.15, 0.2) is 11.5 Å². The zero-order valence-corrected chi connectivity index (χ0v) is 19.9. The van der Waals surface area contributed by atoms with Crippen molar-refractivity contribution in [2.75, 3.05) is 18.5 Å². The van der Waals surface area contributed by atoms with E-state index >= 15 is 0 Å². The van der Waals surface area contributed by atoms with Crippen LogP contribution in [-0.4, -0.2) is 34.0 Å². The Hall–Kier alpha value is -3.44. The third-order valence-corrected chi connectivity index (χ3v) is 5.83. The van der Waals surface area contributed by atoms with Crippen LogP contribution in [0.2, 0.25) is 0 Å². The number of benzene rings is 3. The van der Waals surface area contributed by atoms with Crippen LogP contribution < -0.4 is 10.1 Å². The van der Waals surface area contributed by atoms with E-state index in [-0.39, 0.29) is 12.4 Å². The Labute approximate surface area is 195 Å². The van der Waals surface area contributed by atoms with E-state index < -0.39 is 6.10 Å². The minimum Gasteiger partial charge on any atom is -0.504 e. The Morgan fingerprint density at radius 2 is 1.73 bits per heavy atom. The molecule has 5 heteroatoms. The molecule has 0 aliphatic heterocycles. The Bertz CT molecular complexity index is 1280. The molecule has 0 radical (unpaired) electrons. The molecular formula is C28H32N2O3. The third-order valence-electron chi connectivity index (χ3n) is 5.83. The molecule has 1 heterocycles. The number of nitrogens with zero attached hydrogens (tertiary/aromatic N) is 1. The minimum atomic E-state index is -0.647. The van der Waals surface area contributed by atoms with E-state index in [2.05, 4.69) is 73.2 Å². The van der Waals surface area contributed by atoms with Gasteiger partial charge in [-0.1, -0.05) is 35.4 Å². The maximum atomic E-state index is 10.6. The lowest BCUT2D eigenvalue weighted by Crippen LogP contribution is -2.14. The number of aliphatic hydroxyl groups excluding tert-OH is 1. The summed E-state index contributed by atoms with van der Waals surface area (Å²) < 4.78 is 8.11. The lowest BCUT2D eigenvalue weighted by atomic mass is 9.94. The SMILES string of the molecule is CCNc1c(-c2c(-c3cc(C)cc(C)c3)n(C)c3ccccc23)ccc(O)c1OCC(C)O. The highest BCUT2D eigenvalue weighted by Crippen LogP contribution is 2.48. The molecule has 1 unspecified atom stereocenters. The summed E-state index contributed by atoms with van der Waals surface area (Å²) in [5.74, 6) is 0.401. The lowest BCUT2D eigenvalue weighted by molar-refractivity contribution is 0.121. The fourth-order valence-electron chi connectivity index (χ4n) is 4.60. The van der Waals surface area contributed by atoms with Gasteiger partial charge >= 0.3 is 0 Å². The highest BCUT2D eigenvalue weighted by atomic mass is 16.5. The minimum absolute atomic E-state index is 0.0449. The Kier molecular flexibility index (Phi) is 6.34. The molecule has 0 saturated heterocycles. The van der Waals surface area contributed by atoms with Crippen LogP contribution in [0.4, 0.5) is 5.69 Å². The van der Waals surface area contributed by atoms with Crippen molar-refractivity contribution in [3.63, 3.8) is 0 Å². The first kappa shape index (κ1) is 22.7. The average molecular weight is 445 g/mol. The first-order chi connectivity index (χ1) is 15.8. The van der Waals surface area contributed by atoms with Gasteiger partial charge in [0.1, 0.15) is 6.61 Å². The van der Waals surface area contributed by atoms with Gasteiger partial charge < -0.3 is 24.8 Å². The van der Waals surface area contributed by atoms with Crippen molar-refractivity contribution in [1.82, 2.24) is 4.57 Å². The van der Waals surface area contributed by atoms with Crippen LogP contribution >= 0.6 is 0 Å². The van der Waals surface area contributed by atoms with Crippen LogP contribution in [0.1, 0.15) is 25.0 Å². The van der Waals surface area contributed by atoms with Crippen molar-refractivity contribution in [3.8, 4) is 33.9 Å². The lowest BCUT2D eigenvalue weighted by Gasteiger charge is -2.20. The topological polar surface area (TPSA) is 66.7 Å². The van der Waals surface area contributed by atoms with E-state index in [1.54, 1.807) is 13.0 Å². The summed E-state index contributed by atoms with van der Waals surface area (Å²) in [5.41, 5.74) is 8.54. The van der Waals surface area contributed by atoms with Crippen molar-refractivity contribution < 1.29 is 14.9 Å². The van der Waals surface area contributed by atoms with Gasteiger partial charge in [-0.2, -0.15) is 0 Å². The number of para-hydroxylation sites is 1. The summed E-state index contributed by atoms with van der Waals surface area (Å²) in [5, 5.41) is 24.9. The van der Waals surface area contributed by atoms with Crippen LogP contribution in [0.25, 0.3) is 33.3 Å².